The van der Waals surface area contributed by atoms with Gasteiger partial charge in [-0.1, -0.05) is 18.2 Å². The molecule has 1 aliphatic rings. The van der Waals surface area contributed by atoms with Crippen molar-refractivity contribution in [3.8, 4) is 23.0 Å². The highest BCUT2D eigenvalue weighted by atomic mass is 79.9. The first-order valence-electron chi connectivity index (χ1n) is 4.58. The van der Waals surface area contributed by atoms with Crippen molar-refractivity contribution in [1.82, 2.24) is 0 Å². The average Bonchev–Trinajstić information content (AvgIpc) is 2.27. The van der Waals surface area contributed by atoms with Gasteiger partial charge in [-0.2, -0.15) is 0 Å². The Balaban J connectivity index is 2.15. The van der Waals surface area contributed by atoms with Crippen molar-refractivity contribution in [2.45, 2.75) is 0 Å². The number of hydrogen-bond donors (Lipinski definition) is 0. The zero-order chi connectivity index (χ0) is 10.3. The zero-order valence-electron chi connectivity index (χ0n) is 7.74. The highest BCUT2D eigenvalue weighted by molar-refractivity contribution is 9.10. The van der Waals surface area contributed by atoms with Crippen LogP contribution in [0.3, 0.4) is 0 Å². The maximum atomic E-state index is 5.74. The lowest BCUT2D eigenvalue weighted by molar-refractivity contribution is 0.358. The molecule has 0 bridgehead atoms. The number of halogens is 1. The third-order valence-electron chi connectivity index (χ3n) is 2.21. The van der Waals surface area contributed by atoms with Gasteiger partial charge in [0.25, 0.3) is 0 Å². The minimum absolute atomic E-state index is 0.733. The monoisotopic (exact) mass is 262 g/mol. The van der Waals surface area contributed by atoms with Crippen molar-refractivity contribution in [3.05, 3.63) is 46.9 Å². The van der Waals surface area contributed by atoms with Crippen LogP contribution in [0.15, 0.2) is 46.9 Å². The molecule has 3 rings (SSSR count). The first kappa shape index (κ1) is 8.80. The van der Waals surface area contributed by atoms with Crippen molar-refractivity contribution in [3.63, 3.8) is 0 Å². The number of ether oxygens (including phenoxy) is 2. The van der Waals surface area contributed by atoms with Crippen molar-refractivity contribution in [1.29, 1.82) is 0 Å². The number of rotatable bonds is 0. The molecule has 2 aromatic rings. The molecule has 2 aromatic carbocycles. The summed E-state index contributed by atoms with van der Waals surface area (Å²) >= 11 is 3.43. The molecule has 0 N–H and O–H groups in total. The van der Waals surface area contributed by atoms with E-state index in [4.69, 9.17) is 9.47 Å². The van der Waals surface area contributed by atoms with Gasteiger partial charge in [0.1, 0.15) is 0 Å². The molecule has 0 saturated carbocycles. The third-order valence-corrected chi connectivity index (χ3v) is 2.84. The standard InChI is InChI=1S/C12H7BrO2/c13-8-4-3-7-11-12(8)15-10-6-2-1-5-9(10)14-11/h1-7H. The van der Waals surface area contributed by atoms with Crippen molar-refractivity contribution >= 4 is 15.9 Å². The van der Waals surface area contributed by atoms with Gasteiger partial charge in [0.2, 0.25) is 0 Å². The fourth-order valence-electron chi connectivity index (χ4n) is 1.52. The second kappa shape index (κ2) is 3.28. The van der Waals surface area contributed by atoms with Crippen LogP contribution in [0.25, 0.3) is 0 Å². The Morgan fingerprint density at radius 3 is 2.20 bits per heavy atom. The lowest BCUT2D eigenvalue weighted by Gasteiger charge is -2.20. The van der Waals surface area contributed by atoms with Crippen LogP contribution in [0.2, 0.25) is 0 Å². The van der Waals surface area contributed by atoms with Crippen LogP contribution >= 0.6 is 15.9 Å². The van der Waals surface area contributed by atoms with E-state index in [9.17, 15) is 0 Å². The maximum absolute atomic E-state index is 5.74. The molecule has 0 radical (unpaired) electrons. The molecule has 0 fully saturated rings. The van der Waals surface area contributed by atoms with Crippen LogP contribution in [0, 0.1) is 0 Å². The number of fused-ring (bicyclic) bond motifs is 2. The molecule has 1 aliphatic heterocycles. The zero-order valence-corrected chi connectivity index (χ0v) is 9.32. The minimum atomic E-state index is 0.733. The highest BCUT2D eigenvalue weighted by Gasteiger charge is 2.19. The second-order valence-corrected chi connectivity index (χ2v) is 4.07. The van der Waals surface area contributed by atoms with Gasteiger partial charge in [-0.15, -0.1) is 0 Å². The van der Waals surface area contributed by atoms with Crippen LogP contribution in [0.5, 0.6) is 23.0 Å². The molecule has 0 unspecified atom stereocenters. The number of hydrogen-bond acceptors (Lipinski definition) is 2. The summed E-state index contributed by atoms with van der Waals surface area (Å²) in [6.07, 6.45) is 0. The van der Waals surface area contributed by atoms with E-state index >= 15 is 0 Å². The summed E-state index contributed by atoms with van der Waals surface area (Å²) < 4.78 is 12.3. The van der Waals surface area contributed by atoms with Gasteiger partial charge in [0.15, 0.2) is 23.0 Å². The van der Waals surface area contributed by atoms with Gasteiger partial charge in [-0.3, -0.25) is 0 Å². The van der Waals surface area contributed by atoms with E-state index < -0.39 is 0 Å². The summed E-state index contributed by atoms with van der Waals surface area (Å²) in [5.41, 5.74) is 0. The molecule has 2 nitrogen and oxygen atoms in total. The van der Waals surface area contributed by atoms with Gasteiger partial charge >= 0.3 is 0 Å². The van der Waals surface area contributed by atoms with Crippen molar-refractivity contribution in [2.24, 2.45) is 0 Å². The molecular formula is C12H7BrO2. The highest BCUT2D eigenvalue weighted by Crippen LogP contribution is 2.47. The summed E-state index contributed by atoms with van der Waals surface area (Å²) in [6.45, 7) is 0. The van der Waals surface area contributed by atoms with E-state index in [1.165, 1.54) is 0 Å². The first-order chi connectivity index (χ1) is 7.34. The maximum Gasteiger partial charge on any atom is 0.184 e. The lowest BCUT2D eigenvalue weighted by atomic mass is 10.2. The lowest BCUT2D eigenvalue weighted by Crippen LogP contribution is -1.98. The normalized spacial score (nSPS) is 12.1. The van der Waals surface area contributed by atoms with E-state index in [0.717, 1.165) is 27.5 Å². The predicted octanol–water partition coefficient (Wildman–Crippen LogP) is 4.35. The van der Waals surface area contributed by atoms with Crippen LogP contribution in [0.4, 0.5) is 0 Å². The summed E-state index contributed by atoms with van der Waals surface area (Å²) in [6, 6.07) is 13.3. The molecule has 0 spiro atoms. The molecule has 1 heterocycles. The van der Waals surface area contributed by atoms with Gasteiger partial charge in [-0.25, -0.2) is 0 Å². The minimum Gasteiger partial charge on any atom is -0.449 e. The summed E-state index contributed by atoms with van der Waals surface area (Å²) in [5.74, 6) is 2.97. The van der Waals surface area contributed by atoms with Crippen LogP contribution in [-0.4, -0.2) is 0 Å². The van der Waals surface area contributed by atoms with Gasteiger partial charge < -0.3 is 9.47 Å². The molecule has 3 heteroatoms. The molecular weight excluding hydrogens is 256 g/mol. The van der Waals surface area contributed by atoms with Gasteiger partial charge in [-0.05, 0) is 40.2 Å². The first-order valence-corrected chi connectivity index (χ1v) is 5.37. The Hall–Kier alpha value is -1.48. The molecule has 0 saturated heterocycles. The molecule has 0 atom stereocenters. The Kier molecular flexibility index (Phi) is 1.92. The largest absolute Gasteiger partial charge is 0.449 e. The van der Waals surface area contributed by atoms with E-state index in [0.29, 0.717) is 0 Å². The Bertz CT molecular complexity index is 523. The van der Waals surface area contributed by atoms with Crippen LogP contribution in [0.1, 0.15) is 0 Å². The molecule has 74 valence electrons. The van der Waals surface area contributed by atoms with E-state index in [-0.39, 0.29) is 0 Å². The molecule has 15 heavy (non-hydrogen) atoms. The number of benzene rings is 2. The van der Waals surface area contributed by atoms with Crippen LogP contribution < -0.4 is 9.47 Å². The van der Waals surface area contributed by atoms with Crippen molar-refractivity contribution < 1.29 is 9.47 Å². The average molecular weight is 263 g/mol. The molecule has 0 aliphatic carbocycles. The van der Waals surface area contributed by atoms with Crippen molar-refractivity contribution in [2.75, 3.05) is 0 Å². The number of para-hydroxylation sites is 3. The quantitative estimate of drug-likeness (QED) is 0.600. The fourth-order valence-corrected chi connectivity index (χ4v) is 1.94. The summed E-state index contributed by atoms with van der Waals surface area (Å²) in [7, 11) is 0. The van der Waals surface area contributed by atoms with E-state index in [1.807, 2.05) is 42.5 Å². The molecule has 0 aromatic heterocycles. The van der Waals surface area contributed by atoms with E-state index in [2.05, 4.69) is 15.9 Å². The SMILES string of the molecule is Brc1cccc2c1Oc1ccccc1O2. The second-order valence-electron chi connectivity index (χ2n) is 3.22. The molecule has 0 amide bonds. The Labute approximate surface area is 95.6 Å². The fraction of sp³-hybridized carbons (Fsp3) is 0. The third kappa shape index (κ3) is 1.39. The topological polar surface area (TPSA) is 18.5 Å². The van der Waals surface area contributed by atoms with Gasteiger partial charge in [0.05, 0.1) is 4.47 Å². The summed E-state index contributed by atoms with van der Waals surface area (Å²) in [4.78, 5) is 0. The van der Waals surface area contributed by atoms with Gasteiger partial charge in [0, 0.05) is 0 Å². The Morgan fingerprint density at radius 1 is 0.733 bits per heavy atom. The predicted molar refractivity (Wildman–Crippen MR) is 60.7 cm³/mol. The van der Waals surface area contributed by atoms with E-state index in [1.54, 1.807) is 0 Å². The van der Waals surface area contributed by atoms with Crippen LogP contribution in [-0.2, 0) is 0 Å². The summed E-state index contributed by atoms with van der Waals surface area (Å²) in [5, 5.41) is 0. The smallest absolute Gasteiger partial charge is 0.184 e. The Morgan fingerprint density at radius 2 is 1.40 bits per heavy atom.